The van der Waals surface area contributed by atoms with Crippen molar-refractivity contribution in [2.75, 3.05) is 6.54 Å². The van der Waals surface area contributed by atoms with Gasteiger partial charge in [0.15, 0.2) is 0 Å². The van der Waals surface area contributed by atoms with Crippen LogP contribution >= 0.6 is 0 Å². The van der Waals surface area contributed by atoms with Crippen LogP contribution in [-0.2, 0) is 0 Å². The minimum Gasteiger partial charge on any atom is -0.312 e. The van der Waals surface area contributed by atoms with E-state index in [1.807, 2.05) is 0 Å². The molecular formula is C15H33N. The Balaban J connectivity index is 3.70. The van der Waals surface area contributed by atoms with Crippen LogP contribution < -0.4 is 5.32 Å². The van der Waals surface area contributed by atoms with E-state index in [0.717, 1.165) is 12.5 Å². The Morgan fingerprint density at radius 1 is 0.938 bits per heavy atom. The second-order valence-electron chi connectivity index (χ2n) is 7.38. The summed E-state index contributed by atoms with van der Waals surface area (Å²) in [5.41, 5.74) is 0.751. The normalized spacial score (nSPS) is 13.5. The average molecular weight is 227 g/mol. The van der Waals surface area contributed by atoms with Crippen molar-refractivity contribution in [3.05, 3.63) is 0 Å². The molecular weight excluding hydrogens is 194 g/mol. The van der Waals surface area contributed by atoms with Crippen molar-refractivity contribution in [3.8, 4) is 0 Å². The molecule has 0 unspecified atom stereocenters. The molecule has 98 valence electrons. The molecule has 0 aromatic heterocycles. The lowest BCUT2D eigenvalue weighted by atomic mass is 9.83. The summed E-state index contributed by atoms with van der Waals surface area (Å²) in [7, 11) is 0. The number of rotatable bonds is 7. The second kappa shape index (κ2) is 6.64. The molecule has 0 rings (SSSR count). The third kappa shape index (κ3) is 10.5. The van der Waals surface area contributed by atoms with Gasteiger partial charge in [0.1, 0.15) is 0 Å². The van der Waals surface area contributed by atoms with Crippen LogP contribution in [0, 0.1) is 11.3 Å². The highest BCUT2D eigenvalue weighted by Crippen LogP contribution is 2.28. The molecule has 1 nitrogen and oxygen atoms in total. The molecule has 0 saturated heterocycles. The molecule has 0 saturated carbocycles. The molecule has 0 heterocycles. The van der Waals surface area contributed by atoms with E-state index >= 15 is 0 Å². The SMILES string of the molecule is CC(C)CCCC(C)(C)CCNC(C)(C)C. The Hall–Kier alpha value is -0.0400. The van der Waals surface area contributed by atoms with Crippen molar-refractivity contribution in [2.24, 2.45) is 11.3 Å². The molecule has 1 N–H and O–H groups in total. The van der Waals surface area contributed by atoms with Gasteiger partial charge in [-0.15, -0.1) is 0 Å². The minimum atomic E-state index is 0.258. The largest absolute Gasteiger partial charge is 0.312 e. The first-order valence-electron chi connectivity index (χ1n) is 6.87. The number of nitrogens with one attached hydrogen (secondary N) is 1. The van der Waals surface area contributed by atoms with E-state index in [1.165, 1.54) is 25.7 Å². The van der Waals surface area contributed by atoms with Crippen LogP contribution in [0.1, 0.15) is 74.1 Å². The van der Waals surface area contributed by atoms with Crippen LogP contribution in [0.5, 0.6) is 0 Å². The zero-order valence-corrected chi connectivity index (χ0v) is 12.6. The maximum atomic E-state index is 3.58. The number of hydrogen-bond acceptors (Lipinski definition) is 1. The van der Waals surface area contributed by atoms with Gasteiger partial charge in [-0.2, -0.15) is 0 Å². The van der Waals surface area contributed by atoms with Crippen molar-refractivity contribution in [3.63, 3.8) is 0 Å². The third-order valence-electron chi connectivity index (χ3n) is 3.09. The first-order valence-corrected chi connectivity index (χ1v) is 6.87. The van der Waals surface area contributed by atoms with E-state index in [9.17, 15) is 0 Å². The fourth-order valence-corrected chi connectivity index (χ4v) is 1.89. The lowest BCUT2D eigenvalue weighted by molar-refractivity contribution is 0.270. The molecule has 0 spiro atoms. The standard InChI is InChI=1S/C15H33N/c1-13(2)9-8-10-15(6,7)11-12-16-14(3,4)5/h13,16H,8-12H2,1-7H3. The lowest BCUT2D eigenvalue weighted by Gasteiger charge is -2.28. The fraction of sp³-hybridized carbons (Fsp3) is 1.00. The Kier molecular flexibility index (Phi) is 6.62. The Bertz CT molecular complexity index is 174. The molecule has 0 fully saturated rings. The van der Waals surface area contributed by atoms with Gasteiger partial charge in [-0.3, -0.25) is 0 Å². The first-order chi connectivity index (χ1) is 7.12. The van der Waals surface area contributed by atoms with Gasteiger partial charge in [0.05, 0.1) is 0 Å². The van der Waals surface area contributed by atoms with E-state index in [1.54, 1.807) is 0 Å². The van der Waals surface area contributed by atoms with Crippen LogP contribution in [0.4, 0.5) is 0 Å². The summed E-state index contributed by atoms with van der Waals surface area (Å²) in [6.07, 6.45) is 5.38. The van der Waals surface area contributed by atoms with Gasteiger partial charge in [-0.25, -0.2) is 0 Å². The highest BCUT2D eigenvalue weighted by molar-refractivity contribution is 4.75. The molecule has 0 aromatic carbocycles. The summed E-state index contributed by atoms with van der Waals surface area (Å²) >= 11 is 0. The maximum Gasteiger partial charge on any atom is 0.00965 e. The molecule has 0 atom stereocenters. The quantitative estimate of drug-likeness (QED) is 0.669. The van der Waals surface area contributed by atoms with Gasteiger partial charge >= 0.3 is 0 Å². The van der Waals surface area contributed by atoms with Gasteiger partial charge in [0.2, 0.25) is 0 Å². The molecule has 0 bridgehead atoms. The van der Waals surface area contributed by atoms with Crippen molar-refractivity contribution in [2.45, 2.75) is 79.7 Å². The molecule has 1 heteroatoms. The zero-order chi connectivity index (χ0) is 12.8. The molecule has 16 heavy (non-hydrogen) atoms. The van der Waals surface area contributed by atoms with Crippen LogP contribution in [0.2, 0.25) is 0 Å². The fourth-order valence-electron chi connectivity index (χ4n) is 1.89. The second-order valence-corrected chi connectivity index (χ2v) is 7.38. The van der Waals surface area contributed by atoms with Gasteiger partial charge in [-0.05, 0) is 51.5 Å². The zero-order valence-electron chi connectivity index (χ0n) is 12.6. The predicted octanol–water partition coefficient (Wildman–Crippen LogP) is 4.62. The van der Waals surface area contributed by atoms with Crippen molar-refractivity contribution >= 4 is 0 Å². The van der Waals surface area contributed by atoms with Gasteiger partial charge in [0, 0.05) is 5.54 Å². The minimum absolute atomic E-state index is 0.258. The highest BCUT2D eigenvalue weighted by Gasteiger charge is 2.18. The molecule has 0 aromatic rings. The van der Waals surface area contributed by atoms with E-state index in [2.05, 4.69) is 53.8 Å². The van der Waals surface area contributed by atoms with E-state index < -0.39 is 0 Å². The molecule has 0 amide bonds. The van der Waals surface area contributed by atoms with E-state index in [4.69, 9.17) is 0 Å². The predicted molar refractivity (Wildman–Crippen MR) is 74.8 cm³/mol. The molecule has 0 aliphatic carbocycles. The Morgan fingerprint density at radius 3 is 1.94 bits per heavy atom. The van der Waals surface area contributed by atoms with Gasteiger partial charge < -0.3 is 5.32 Å². The van der Waals surface area contributed by atoms with E-state index in [-0.39, 0.29) is 5.54 Å². The third-order valence-corrected chi connectivity index (χ3v) is 3.09. The summed E-state index contributed by atoms with van der Waals surface area (Å²) in [5, 5.41) is 3.58. The van der Waals surface area contributed by atoms with Gasteiger partial charge in [0.25, 0.3) is 0 Å². The summed E-state index contributed by atoms with van der Waals surface area (Å²) in [4.78, 5) is 0. The summed E-state index contributed by atoms with van der Waals surface area (Å²) in [6.45, 7) is 17.3. The summed E-state index contributed by atoms with van der Waals surface area (Å²) in [6, 6.07) is 0. The molecule has 0 aliphatic rings. The summed E-state index contributed by atoms with van der Waals surface area (Å²) in [5.74, 6) is 0.850. The topological polar surface area (TPSA) is 12.0 Å². The van der Waals surface area contributed by atoms with Crippen LogP contribution in [-0.4, -0.2) is 12.1 Å². The highest BCUT2D eigenvalue weighted by atomic mass is 14.9. The smallest absolute Gasteiger partial charge is 0.00965 e. The average Bonchev–Trinajstić information content (AvgIpc) is 1.99. The lowest BCUT2D eigenvalue weighted by Crippen LogP contribution is -2.37. The molecule has 0 radical (unpaired) electrons. The summed E-state index contributed by atoms with van der Waals surface area (Å²) < 4.78 is 0. The first kappa shape index (κ1) is 16.0. The maximum absolute atomic E-state index is 3.58. The monoisotopic (exact) mass is 227 g/mol. The Morgan fingerprint density at radius 2 is 1.50 bits per heavy atom. The molecule has 0 aliphatic heterocycles. The van der Waals surface area contributed by atoms with Crippen molar-refractivity contribution in [1.29, 1.82) is 0 Å². The Labute approximate surface area is 103 Å². The van der Waals surface area contributed by atoms with E-state index in [0.29, 0.717) is 5.41 Å². The van der Waals surface area contributed by atoms with Crippen LogP contribution in [0.15, 0.2) is 0 Å². The van der Waals surface area contributed by atoms with Crippen molar-refractivity contribution in [1.82, 2.24) is 5.32 Å². The van der Waals surface area contributed by atoms with Gasteiger partial charge in [-0.1, -0.05) is 40.5 Å². The van der Waals surface area contributed by atoms with Crippen molar-refractivity contribution < 1.29 is 0 Å². The van der Waals surface area contributed by atoms with Crippen LogP contribution in [0.3, 0.4) is 0 Å². The van der Waals surface area contributed by atoms with Crippen LogP contribution in [0.25, 0.3) is 0 Å². The number of hydrogen-bond donors (Lipinski definition) is 1.